The fraction of sp³-hybridized carbons (Fsp3) is 0.292. The molecule has 2 amide bonds. The number of amides is 2. The molecule has 0 saturated heterocycles. The van der Waals surface area contributed by atoms with Gasteiger partial charge in [0, 0.05) is 34.4 Å². The molecule has 0 aliphatic heterocycles. The van der Waals surface area contributed by atoms with Crippen LogP contribution in [0.3, 0.4) is 0 Å². The highest BCUT2D eigenvalue weighted by atomic mass is 35.5. The average Bonchev–Trinajstić information content (AvgIpc) is 2.79. The molecule has 0 fully saturated rings. The molecular weight excluding hydrogens is 477 g/mol. The number of nitrogens with zero attached hydrogens (tertiary/aromatic N) is 3. The molecule has 180 valence electrons. The zero-order chi connectivity index (χ0) is 24.9. The molecule has 0 bridgehead atoms. The first-order valence-corrected chi connectivity index (χ1v) is 11.3. The Bertz CT molecular complexity index is 1120. The van der Waals surface area contributed by atoms with Gasteiger partial charge >= 0.3 is 6.03 Å². The minimum atomic E-state index is -0.999. The van der Waals surface area contributed by atoms with E-state index in [1.165, 1.54) is 11.1 Å². The van der Waals surface area contributed by atoms with Crippen molar-refractivity contribution in [2.45, 2.75) is 39.0 Å². The summed E-state index contributed by atoms with van der Waals surface area (Å²) >= 11 is 12.5. The van der Waals surface area contributed by atoms with Gasteiger partial charge in [-0.3, -0.25) is 0 Å². The number of rotatable bonds is 8. The van der Waals surface area contributed by atoms with Gasteiger partial charge in [0.1, 0.15) is 11.6 Å². The molecule has 2 aromatic carbocycles. The second-order valence-corrected chi connectivity index (χ2v) is 8.96. The molecule has 1 aromatic heterocycles. The van der Waals surface area contributed by atoms with E-state index in [4.69, 9.17) is 27.9 Å². The van der Waals surface area contributed by atoms with Crippen LogP contribution in [0.15, 0.2) is 54.7 Å². The van der Waals surface area contributed by atoms with Crippen molar-refractivity contribution >= 4 is 46.7 Å². The van der Waals surface area contributed by atoms with Crippen molar-refractivity contribution in [3.63, 3.8) is 0 Å². The standard InChI is InChI=1S/C24H27Cl2N5O3/c1-15(24(2,3)33)29-22-27-13-12-21(30-22)31(16-8-10-17(34-4)11-9-16)23(32)28-14-18-19(25)6-5-7-20(18)26/h5-13,15,33H,14H2,1-4H3,(H,28,32)(H,27,29,30). The lowest BCUT2D eigenvalue weighted by molar-refractivity contribution is 0.0646. The second-order valence-electron chi connectivity index (χ2n) is 8.15. The van der Waals surface area contributed by atoms with E-state index in [0.29, 0.717) is 32.9 Å². The molecule has 3 N–H and O–H groups in total. The van der Waals surface area contributed by atoms with Gasteiger partial charge in [0.15, 0.2) is 0 Å². The fourth-order valence-electron chi connectivity index (χ4n) is 2.94. The third kappa shape index (κ3) is 6.28. The molecule has 0 aliphatic carbocycles. The van der Waals surface area contributed by atoms with Crippen LogP contribution in [0, 0.1) is 0 Å². The third-order valence-corrected chi connectivity index (χ3v) is 6.00. The zero-order valence-corrected chi connectivity index (χ0v) is 20.9. The van der Waals surface area contributed by atoms with Crippen LogP contribution in [0.2, 0.25) is 10.0 Å². The normalized spacial score (nSPS) is 12.1. The maximum atomic E-state index is 13.4. The number of carbonyl (C=O) groups is 1. The van der Waals surface area contributed by atoms with Gasteiger partial charge in [-0.1, -0.05) is 29.3 Å². The number of anilines is 3. The van der Waals surface area contributed by atoms with E-state index in [0.717, 1.165) is 0 Å². The number of hydrogen-bond donors (Lipinski definition) is 3. The van der Waals surface area contributed by atoms with E-state index in [1.807, 2.05) is 6.92 Å². The predicted octanol–water partition coefficient (Wildman–Crippen LogP) is 5.41. The largest absolute Gasteiger partial charge is 0.497 e. The van der Waals surface area contributed by atoms with Crippen molar-refractivity contribution in [2.24, 2.45) is 0 Å². The lowest BCUT2D eigenvalue weighted by atomic mass is 10.0. The van der Waals surface area contributed by atoms with Crippen LogP contribution in [0.4, 0.5) is 22.2 Å². The van der Waals surface area contributed by atoms with E-state index in [-0.39, 0.29) is 18.5 Å². The molecule has 3 aromatic rings. The molecular formula is C24H27Cl2N5O3. The van der Waals surface area contributed by atoms with Crippen LogP contribution in [-0.4, -0.2) is 39.9 Å². The lowest BCUT2D eigenvalue weighted by Crippen LogP contribution is -2.40. The predicted molar refractivity (Wildman–Crippen MR) is 135 cm³/mol. The Balaban J connectivity index is 1.92. The van der Waals surface area contributed by atoms with Crippen molar-refractivity contribution in [3.8, 4) is 5.75 Å². The fourth-order valence-corrected chi connectivity index (χ4v) is 3.47. The Labute approximate surface area is 208 Å². The van der Waals surface area contributed by atoms with Crippen molar-refractivity contribution in [1.29, 1.82) is 0 Å². The molecule has 0 saturated carbocycles. The summed E-state index contributed by atoms with van der Waals surface area (Å²) in [6.45, 7) is 5.31. The van der Waals surface area contributed by atoms with E-state index < -0.39 is 11.6 Å². The van der Waals surface area contributed by atoms with Crippen molar-refractivity contribution in [3.05, 3.63) is 70.3 Å². The van der Waals surface area contributed by atoms with Gasteiger partial charge in [0.25, 0.3) is 0 Å². The average molecular weight is 504 g/mol. The van der Waals surface area contributed by atoms with Gasteiger partial charge in [0.05, 0.1) is 24.4 Å². The summed E-state index contributed by atoms with van der Waals surface area (Å²) in [5, 5.41) is 17.1. The lowest BCUT2D eigenvalue weighted by Gasteiger charge is -2.27. The minimum absolute atomic E-state index is 0.121. The quantitative estimate of drug-likeness (QED) is 0.379. The maximum Gasteiger partial charge on any atom is 0.327 e. The van der Waals surface area contributed by atoms with Crippen LogP contribution in [-0.2, 0) is 6.54 Å². The Morgan fingerprint density at radius 2 is 1.79 bits per heavy atom. The van der Waals surface area contributed by atoms with E-state index >= 15 is 0 Å². The first-order valence-electron chi connectivity index (χ1n) is 10.6. The number of aromatic nitrogens is 2. The summed E-state index contributed by atoms with van der Waals surface area (Å²) < 4.78 is 5.23. The van der Waals surface area contributed by atoms with Gasteiger partial charge in [0.2, 0.25) is 5.95 Å². The Morgan fingerprint density at radius 3 is 2.38 bits per heavy atom. The molecule has 8 nitrogen and oxygen atoms in total. The second kappa shape index (κ2) is 10.9. The smallest absolute Gasteiger partial charge is 0.327 e. The number of carbonyl (C=O) groups excluding carboxylic acids is 1. The topological polar surface area (TPSA) is 99.6 Å². The highest BCUT2D eigenvalue weighted by Crippen LogP contribution is 2.28. The van der Waals surface area contributed by atoms with Crippen LogP contribution >= 0.6 is 23.2 Å². The number of halogens is 2. The summed E-state index contributed by atoms with van der Waals surface area (Å²) in [5.41, 5.74) is 0.169. The first-order chi connectivity index (χ1) is 16.1. The number of aliphatic hydroxyl groups is 1. The number of urea groups is 1. The molecule has 1 unspecified atom stereocenters. The highest BCUT2D eigenvalue weighted by molar-refractivity contribution is 6.36. The van der Waals surface area contributed by atoms with Gasteiger partial charge in [-0.25, -0.2) is 14.7 Å². The van der Waals surface area contributed by atoms with Crippen molar-refractivity contribution in [1.82, 2.24) is 15.3 Å². The van der Waals surface area contributed by atoms with Gasteiger partial charge < -0.3 is 20.5 Å². The van der Waals surface area contributed by atoms with Gasteiger partial charge in [-0.2, -0.15) is 4.98 Å². The number of benzene rings is 2. The molecule has 34 heavy (non-hydrogen) atoms. The van der Waals surface area contributed by atoms with Gasteiger partial charge in [-0.05, 0) is 57.2 Å². The molecule has 0 spiro atoms. The summed E-state index contributed by atoms with van der Waals surface area (Å²) in [7, 11) is 1.57. The number of nitrogens with one attached hydrogen (secondary N) is 2. The SMILES string of the molecule is COc1ccc(N(C(=O)NCc2c(Cl)cccc2Cl)c2ccnc(NC(C)C(C)(C)O)n2)cc1. The van der Waals surface area contributed by atoms with Crippen LogP contribution in [0.1, 0.15) is 26.3 Å². The molecule has 1 heterocycles. The van der Waals surface area contributed by atoms with E-state index in [1.54, 1.807) is 69.5 Å². The van der Waals surface area contributed by atoms with Crippen LogP contribution in [0.5, 0.6) is 5.75 Å². The first kappa shape index (κ1) is 25.6. The molecule has 3 rings (SSSR count). The highest BCUT2D eigenvalue weighted by Gasteiger charge is 2.24. The number of ether oxygens (including phenoxy) is 1. The Hall–Kier alpha value is -3.07. The molecule has 0 aliphatic rings. The minimum Gasteiger partial charge on any atom is -0.497 e. The Morgan fingerprint density at radius 1 is 1.15 bits per heavy atom. The van der Waals surface area contributed by atoms with Crippen LogP contribution < -0.4 is 20.3 Å². The summed E-state index contributed by atoms with van der Waals surface area (Å²) in [6.07, 6.45) is 1.54. The Kier molecular flexibility index (Phi) is 8.19. The number of hydrogen-bond acceptors (Lipinski definition) is 6. The third-order valence-electron chi connectivity index (χ3n) is 5.29. The van der Waals surface area contributed by atoms with Crippen molar-refractivity contribution in [2.75, 3.05) is 17.3 Å². The molecule has 0 radical (unpaired) electrons. The van der Waals surface area contributed by atoms with E-state index in [2.05, 4.69) is 20.6 Å². The van der Waals surface area contributed by atoms with Gasteiger partial charge in [-0.15, -0.1) is 0 Å². The summed E-state index contributed by atoms with van der Waals surface area (Å²) in [6, 6.07) is 13.0. The summed E-state index contributed by atoms with van der Waals surface area (Å²) in [5.74, 6) is 1.25. The molecule has 1 atom stereocenters. The van der Waals surface area contributed by atoms with Crippen LogP contribution in [0.25, 0.3) is 0 Å². The zero-order valence-electron chi connectivity index (χ0n) is 19.3. The van der Waals surface area contributed by atoms with Crippen molar-refractivity contribution < 1.29 is 14.6 Å². The van der Waals surface area contributed by atoms with E-state index in [9.17, 15) is 9.90 Å². The molecule has 10 heteroatoms. The maximum absolute atomic E-state index is 13.4. The monoisotopic (exact) mass is 503 g/mol. The number of methoxy groups -OCH3 is 1. The summed E-state index contributed by atoms with van der Waals surface area (Å²) in [4.78, 5) is 23.5.